The van der Waals surface area contributed by atoms with E-state index in [1.165, 1.54) is 18.4 Å². The van der Waals surface area contributed by atoms with Crippen molar-refractivity contribution in [3.05, 3.63) is 82.7 Å². The minimum atomic E-state index is -0.284. The molecular weight excluding hydrogens is 530 g/mol. The molecule has 0 spiro atoms. The number of fused-ring (bicyclic) bond motifs is 2. The molecule has 0 aliphatic heterocycles. The number of nitrogens with two attached hydrogens (primary N) is 1. The Labute approximate surface area is 244 Å². The van der Waals surface area contributed by atoms with Gasteiger partial charge in [0.1, 0.15) is 29.7 Å². The maximum absolute atomic E-state index is 12.0. The number of anilines is 2. The van der Waals surface area contributed by atoms with Gasteiger partial charge in [0, 0.05) is 43.0 Å². The molecule has 4 heterocycles. The van der Waals surface area contributed by atoms with E-state index in [4.69, 9.17) is 20.2 Å². The summed E-state index contributed by atoms with van der Waals surface area (Å²) in [6.07, 6.45) is 8.92. The molecular formula is C32H35N7O3. The molecule has 1 saturated carbocycles. The van der Waals surface area contributed by atoms with Crippen LogP contribution in [-0.4, -0.2) is 36.9 Å². The Hall–Kier alpha value is -4.73. The number of esters is 1. The molecule has 6 rings (SSSR count). The maximum atomic E-state index is 12.0. The van der Waals surface area contributed by atoms with Gasteiger partial charge in [0.05, 0.1) is 18.7 Å². The van der Waals surface area contributed by atoms with Crippen molar-refractivity contribution in [1.29, 1.82) is 0 Å². The molecule has 1 aliphatic carbocycles. The Kier molecular flexibility index (Phi) is 7.60. The van der Waals surface area contributed by atoms with Gasteiger partial charge in [0.2, 0.25) is 5.88 Å². The van der Waals surface area contributed by atoms with E-state index in [-0.39, 0.29) is 19.0 Å². The number of carbonyl (C=O) groups is 1. The third-order valence-corrected chi connectivity index (χ3v) is 7.71. The number of nitrogen functional groups attached to an aromatic ring is 1. The highest BCUT2D eigenvalue weighted by atomic mass is 16.5. The molecule has 3 N–H and O–H groups in total. The summed E-state index contributed by atoms with van der Waals surface area (Å²) in [5, 5.41) is 5.47. The summed E-state index contributed by atoms with van der Waals surface area (Å²) < 4.78 is 13.3. The van der Waals surface area contributed by atoms with Crippen LogP contribution in [0.25, 0.3) is 16.4 Å². The molecule has 5 aromatic rings. The molecule has 10 nitrogen and oxygen atoms in total. The first-order chi connectivity index (χ1) is 20.4. The summed E-state index contributed by atoms with van der Waals surface area (Å²) in [4.78, 5) is 30.2. The lowest BCUT2D eigenvalue weighted by atomic mass is 9.96. The first-order valence-electron chi connectivity index (χ1n) is 14.4. The molecule has 42 heavy (non-hydrogen) atoms. The van der Waals surface area contributed by atoms with E-state index in [0.717, 1.165) is 38.8 Å². The number of rotatable bonds is 11. The topological polar surface area (TPSA) is 130 Å². The average Bonchev–Trinajstić information content (AvgIpc) is 3.75. The summed E-state index contributed by atoms with van der Waals surface area (Å²) in [6, 6.07) is 10.1. The van der Waals surface area contributed by atoms with Gasteiger partial charge >= 0.3 is 5.97 Å². The highest BCUT2D eigenvalue weighted by Crippen LogP contribution is 2.40. The SMILES string of the molecule is CCOC(=O)CCc1nc(NCc2c(C)cc3c(N)nccc3c2C)cc(OCc2cn3cc(C4CC4)ccc3n2)n1. The van der Waals surface area contributed by atoms with E-state index in [2.05, 4.69) is 62.9 Å². The zero-order chi connectivity index (χ0) is 29.2. The van der Waals surface area contributed by atoms with E-state index in [1.807, 2.05) is 12.3 Å². The van der Waals surface area contributed by atoms with Crippen LogP contribution in [0.4, 0.5) is 11.6 Å². The van der Waals surface area contributed by atoms with Gasteiger partial charge in [-0.3, -0.25) is 4.79 Å². The Morgan fingerprint density at radius 2 is 1.95 bits per heavy atom. The van der Waals surface area contributed by atoms with Crippen LogP contribution in [0.15, 0.2) is 48.9 Å². The quantitative estimate of drug-likeness (QED) is 0.201. The maximum Gasteiger partial charge on any atom is 0.306 e. The lowest BCUT2D eigenvalue weighted by Crippen LogP contribution is -2.11. The Balaban J connectivity index is 1.22. The van der Waals surface area contributed by atoms with Crippen molar-refractivity contribution in [3.8, 4) is 5.88 Å². The van der Waals surface area contributed by atoms with Crippen LogP contribution in [0.3, 0.4) is 0 Å². The van der Waals surface area contributed by atoms with Crippen molar-refractivity contribution in [1.82, 2.24) is 24.3 Å². The highest BCUT2D eigenvalue weighted by Gasteiger charge is 2.23. The zero-order valence-electron chi connectivity index (χ0n) is 24.2. The predicted octanol–water partition coefficient (Wildman–Crippen LogP) is 5.44. The van der Waals surface area contributed by atoms with Crippen molar-refractivity contribution in [2.75, 3.05) is 17.7 Å². The number of aryl methyl sites for hydroxylation is 3. The predicted molar refractivity (Wildman–Crippen MR) is 161 cm³/mol. The fraction of sp³-hybridized carbons (Fsp3) is 0.344. The minimum Gasteiger partial charge on any atom is -0.471 e. The van der Waals surface area contributed by atoms with Gasteiger partial charge < -0.3 is 24.9 Å². The second kappa shape index (κ2) is 11.6. The smallest absolute Gasteiger partial charge is 0.306 e. The highest BCUT2D eigenvalue weighted by molar-refractivity contribution is 5.94. The van der Waals surface area contributed by atoms with Crippen molar-refractivity contribution >= 4 is 34.0 Å². The molecule has 1 aromatic carbocycles. The third kappa shape index (κ3) is 5.97. The largest absolute Gasteiger partial charge is 0.471 e. The summed E-state index contributed by atoms with van der Waals surface area (Å²) in [5.74, 6) is 2.43. The normalized spacial score (nSPS) is 13.0. The van der Waals surface area contributed by atoms with Crippen molar-refractivity contribution in [2.45, 2.75) is 65.5 Å². The Morgan fingerprint density at radius 3 is 2.76 bits per heavy atom. The first-order valence-corrected chi connectivity index (χ1v) is 14.4. The molecule has 1 aliphatic rings. The molecule has 216 valence electrons. The van der Waals surface area contributed by atoms with Crippen molar-refractivity contribution in [3.63, 3.8) is 0 Å². The molecule has 0 atom stereocenters. The van der Waals surface area contributed by atoms with Crippen LogP contribution in [-0.2, 0) is 29.1 Å². The molecule has 1 fully saturated rings. The zero-order valence-corrected chi connectivity index (χ0v) is 24.2. The number of nitrogens with zero attached hydrogens (tertiary/aromatic N) is 5. The standard InChI is InChI=1S/C32H35N7O3/c1-4-41-31(40)10-8-27-37-28(35-15-26-19(2)13-25-24(20(26)3)11-12-34-32(25)33)14-30(38-27)42-18-23-17-39-16-22(21-5-6-21)7-9-29(39)36-23/h7,9,11-14,16-17,21H,4-6,8,10,15,18H2,1-3H3,(H2,33,34)(H,35,37,38). The van der Waals surface area contributed by atoms with Crippen LogP contribution in [0.5, 0.6) is 5.88 Å². The van der Waals surface area contributed by atoms with Crippen LogP contribution < -0.4 is 15.8 Å². The summed E-state index contributed by atoms with van der Waals surface area (Å²) in [5.41, 5.74) is 12.6. The monoisotopic (exact) mass is 565 g/mol. The second-order valence-corrected chi connectivity index (χ2v) is 10.8. The lowest BCUT2D eigenvalue weighted by Gasteiger charge is -2.16. The summed E-state index contributed by atoms with van der Waals surface area (Å²) in [7, 11) is 0. The lowest BCUT2D eigenvalue weighted by molar-refractivity contribution is -0.143. The number of hydrogen-bond acceptors (Lipinski definition) is 9. The van der Waals surface area contributed by atoms with Gasteiger partial charge in [-0.25, -0.2) is 15.0 Å². The number of imidazole rings is 1. The molecule has 0 unspecified atom stereocenters. The molecule has 0 bridgehead atoms. The van der Waals surface area contributed by atoms with Crippen LogP contribution in [0, 0.1) is 13.8 Å². The number of nitrogens with one attached hydrogen (secondary N) is 1. The molecule has 0 radical (unpaired) electrons. The van der Waals surface area contributed by atoms with Gasteiger partial charge in [0.25, 0.3) is 0 Å². The molecule has 0 amide bonds. The number of carbonyl (C=O) groups excluding carboxylic acids is 1. The minimum absolute atomic E-state index is 0.185. The molecule has 10 heteroatoms. The Morgan fingerprint density at radius 1 is 1.10 bits per heavy atom. The molecule has 0 saturated heterocycles. The van der Waals surface area contributed by atoms with Crippen LogP contribution >= 0.6 is 0 Å². The first kappa shape index (κ1) is 27.4. The average molecular weight is 566 g/mol. The van der Waals surface area contributed by atoms with E-state index < -0.39 is 0 Å². The number of benzene rings is 1. The van der Waals surface area contributed by atoms with Crippen molar-refractivity contribution in [2.24, 2.45) is 0 Å². The van der Waals surface area contributed by atoms with Gasteiger partial charge in [-0.05, 0) is 85.4 Å². The van der Waals surface area contributed by atoms with Crippen LogP contribution in [0.1, 0.15) is 65.9 Å². The van der Waals surface area contributed by atoms with Crippen LogP contribution in [0.2, 0.25) is 0 Å². The fourth-order valence-corrected chi connectivity index (χ4v) is 5.31. The molecule has 4 aromatic heterocycles. The van der Waals surface area contributed by atoms with Gasteiger partial charge in [-0.2, -0.15) is 4.98 Å². The van der Waals surface area contributed by atoms with Gasteiger partial charge in [0.15, 0.2) is 0 Å². The summed E-state index contributed by atoms with van der Waals surface area (Å²) >= 11 is 0. The number of pyridine rings is 2. The number of hydrogen-bond donors (Lipinski definition) is 2. The number of ether oxygens (including phenoxy) is 2. The van der Waals surface area contributed by atoms with E-state index >= 15 is 0 Å². The van der Waals surface area contributed by atoms with E-state index in [9.17, 15) is 4.79 Å². The second-order valence-electron chi connectivity index (χ2n) is 10.8. The Bertz CT molecular complexity index is 1780. The fourth-order valence-electron chi connectivity index (χ4n) is 5.31. The number of aromatic nitrogens is 5. The van der Waals surface area contributed by atoms with Crippen molar-refractivity contribution < 1.29 is 14.3 Å². The summed E-state index contributed by atoms with van der Waals surface area (Å²) in [6.45, 7) is 7.08. The third-order valence-electron chi connectivity index (χ3n) is 7.71. The van der Waals surface area contributed by atoms with E-state index in [1.54, 1.807) is 19.2 Å². The van der Waals surface area contributed by atoms with Gasteiger partial charge in [-0.1, -0.05) is 6.07 Å². The van der Waals surface area contributed by atoms with E-state index in [0.29, 0.717) is 48.8 Å². The van der Waals surface area contributed by atoms with Gasteiger partial charge in [-0.15, -0.1) is 0 Å².